The quantitative estimate of drug-likeness (QED) is 0.356. The molecule has 29 heavy (non-hydrogen) atoms. The molecular formula is C25H46O3S. The van der Waals surface area contributed by atoms with E-state index in [9.17, 15) is 8.42 Å². The molecule has 0 unspecified atom stereocenters. The van der Waals surface area contributed by atoms with Crippen LogP contribution in [-0.2, 0) is 10.1 Å². The Labute approximate surface area is 181 Å². The molecule has 2 rings (SSSR count). The average Bonchev–Trinajstić information content (AvgIpc) is 2.65. The molecule has 0 radical (unpaired) electrons. The Kier molecular flexibility index (Phi) is 25.5. The fourth-order valence-electron chi connectivity index (χ4n) is 2.34. The van der Waals surface area contributed by atoms with E-state index < -0.39 is 10.1 Å². The van der Waals surface area contributed by atoms with Crippen LogP contribution in [0, 0.1) is 0 Å². The van der Waals surface area contributed by atoms with Gasteiger partial charge < -0.3 is 0 Å². The first-order valence-corrected chi connectivity index (χ1v) is 12.5. The van der Waals surface area contributed by atoms with Crippen LogP contribution in [-0.4, -0.2) is 19.2 Å². The molecule has 2 aromatic carbocycles. The minimum atomic E-state index is -3.67. The van der Waals surface area contributed by atoms with E-state index in [1.165, 1.54) is 68.6 Å². The summed E-state index contributed by atoms with van der Waals surface area (Å²) in [6, 6.07) is 16.7. The summed E-state index contributed by atoms with van der Waals surface area (Å²) in [6.07, 6.45) is 13.4. The smallest absolute Gasteiger partial charge is 0.261 e. The summed E-state index contributed by atoms with van der Waals surface area (Å²) in [7, 11) is -3.67. The molecule has 0 fully saturated rings. The highest BCUT2D eigenvalue weighted by molar-refractivity contribution is 7.85. The summed E-state index contributed by atoms with van der Waals surface area (Å²) in [6.45, 7) is 8.79. The summed E-state index contributed by atoms with van der Waals surface area (Å²) in [5.41, 5.74) is 0. The van der Waals surface area contributed by atoms with Crippen molar-refractivity contribution in [2.75, 3.05) is 6.26 Å². The standard InChI is InChI=1S/C10H8.C10H22.C3H8.CH4O3S.CH4/c1-2-6-10-8-4-3-7-9(10)5-1;1-3-5-7-9-10-8-6-4-2;1-3-2;1-5(2,3)4;/h1-8H;3-10H2,1-2H3;3H2,1-2H3;1H3,(H,2,3,4);1H4. The van der Waals surface area contributed by atoms with Crippen LogP contribution in [0.3, 0.4) is 0 Å². The van der Waals surface area contributed by atoms with Crippen LogP contribution in [0.5, 0.6) is 0 Å². The molecule has 0 amide bonds. The Morgan fingerprint density at radius 2 is 0.862 bits per heavy atom. The molecule has 0 aliphatic heterocycles. The number of unbranched alkanes of at least 4 members (excludes halogenated alkanes) is 7. The van der Waals surface area contributed by atoms with Crippen LogP contribution >= 0.6 is 0 Å². The lowest BCUT2D eigenvalue weighted by molar-refractivity contribution is 0.490. The van der Waals surface area contributed by atoms with Crippen molar-refractivity contribution in [1.29, 1.82) is 0 Å². The number of fused-ring (bicyclic) bond motifs is 1. The zero-order chi connectivity index (χ0) is 21.7. The Bertz CT molecular complexity index is 585. The lowest BCUT2D eigenvalue weighted by Gasteiger charge is -1.97. The Morgan fingerprint density at radius 1 is 0.655 bits per heavy atom. The fraction of sp³-hybridized carbons (Fsp3) is 0.600. The van der Waals surface area contributed by atoms with Crippen molar-refractivity contribution >= 4 is 20.9 Å². The molecule has 2 aromatic rings. The lowest BCUT2D eigenvalue weighted by Crippen LogP contribution is -1.88. The van der Waals surface area contributed by atoms with Crippen LogP contribution in [0.1, 0.15) is 92.9 Å². The molecule has 0 spiro atoms. The molecule has 0 saturated carbocycles. The van der Waals surface area contributed by atoms with Crippen molar-refractivity contribution in [2.24, 2.45) is 0 Å². The van der Waals surface area contributed by atoms with E-state index in [4.69, 9.17) is 4.55 Å². The highest BCUT2D eigenvalue weighted by atomic mass is 32.2. The van der Waals surface area contributed by atoms with Crippen molar-refractivity contribution in [3.05, 3.63) is 48.5 Å². The summed E-state index contributed by atoms with van der Waals surface area (Å²) in [5.74, 6) is 0. The van der Waals surface area contributed by atoms with Crippen molar-refractivity contribution in [1.82, 2.24) is 0 Å². The molecule has 0 saturated heterocycles. The van der Waals surface area contributed by atoms with Gasteiger partial charge in [0.15, 0.2) is 0 Å². The minimum Gasteiger partial charge on any atom is -0.286 e. The maximum Gasteiger partial charge on any atom is 0.261 e. The van der Waals surface area contributed by atoms with Crippen LogP contribution in [0.15, 0.2) is 48.5 Å². The first kappa shape index (κ1) is 32.3. The van der Waals surface area contributed by atoms with Crippen molar-refractivity contribution < 1.29 is 13.0 Å². The summed E-state index contributed by atoms with van der Waals surface area (Å²) < 4.78 is 25.9. The fourth-order valence-corrected chi connectivity index (χ4v) is 2.34. The van der Waals surface area contributed by atoms with Crippen LogP contribution in [0.4, 0.5) is 0 Å². The van der Waals surface area contributed by atoms with Gasteiger partial charge in [-0.2, -0.15) is 8.42 Å². The molecule has 170 valence electrons. The van der Waals surface area contributed by atoms with Crippen LogP contribution in [0.2, 0.25) is 0 Å². The van der Waals surface area contributed by atoms with Gasteiger partial charge in [0.2, 0.25) is 0 Å². The SMILES string of the molecule is C.CCC.CCCCCCCCCC.CS(=O)(=O)O.c1ccc2ccccc2c1. The second-order valence-electron chi connectivity index (χ2n) is 6.91. The summed E-state index contributed by atoms with van der Waals surface area (Å²) in [4.78, 5) is 0. The highest BCUT2D eigenvalue weighted by Gasteiger charge is 1.87. The molecule has 0 aliphatic rings. The van der Waals surface area contributed by atoms with Crippen molar-refractivity contribution in [2.45, 2.75) is 92.9 Å². The van der Waals surface area contributed by atoms with Gasteiger partial charge in [0, 0.05) is 0 Å². The number of rotatable bonds is 7. The predicted molar refractivity (Wildman–Crippen MR) is 132 cm³/mol. The topological polar surface area (TPSA) is 54.4 Å². The molecule has 4 heteroatoms. The number of benzene rings is 2. The van der Waals surface area contributed by atoms with E-state index in [2.05, 4.69) is 76.2 Å². The van der Waals surface area contributed by atoms with E-state index in [1.807, 2.05) is 0 Å². The molecule has 0 atom stereocenters. The van der Waals surface area contributed by atoms with Gasteiger partial charge in [-0.05, 0) is 10.8 Å². The van der Waals surface area contributed by atoms with Gasteiger partial charge in [-0.15, -0.1) is 0 Å². The van der Waals surface area contributed by atoms with Crippen molar-refractivity contribution in [3.63, 3.8) is 0 Å². The number of hydrogen-bond acceptors (Lipinski definition) is 2. The van der Waals surface area contributed by atoms with E-state index in [-0.39, 0.29) is 7.43 Å². The summed E-state index contributed by atoms with van der Waals surface area (Å²) in [5, 5.41) is 2.62. The Hall–Kier alpha value is -1.39. The highest BCUT2D eigenvalue weighted by Crippen LogP contribution is 2.11. The van der Waals surface area contributed by atoms with E-state index in [0.29, 0.717) is 6.26 Å². The third-order valence-corrected chi connectivity index (χ3v) is 3.62. The first-order valence-electron chi connectivity index (χ1n) is 10.7. The molecule has 1 N–H and O–H groups in total. The van der Waals surface area contributed by atoms with E-state index >= 15 is 0 Å². The van der Waals surface area contributed by atoms with Gasteiger partial charge >= 0.3 is 0 Å². The third-order valence-electron chi connectivity index (χ3n) is 3.62. The second kappa shape index (κ2) is 22.9. The normalized spacial score (nSPS) is 9.59. The maximum atomic E-state index is 9.19. The van der Waals surface area contributed by atoms with Gasteiger partial charge in [0.1, 0.15) is 0 Å². The zero-order valence-electron chi connectivity index (χ0n) is 18.7. The molecule has 0 aliphatic carbocycles. The van der Waals surface area contributed by atoms with Gasteiger partial charge in [-0.3, -0.25) is 4.55 Å². The van der Waals surface area contributed by atoms with Gasteiger partial charge in [-0.25, -0.2) is 0 Å². The molecule has 3 nitrogen and oxygen atoms in total. The molecule has 0 heterocycles. The zero-order valence-corrected chi connectivity index (χ0v) is 19.5. The van der Waals surface area contributed by atoms with Gasteiger partial charge in [0.05, 0.1) is 6.26 Å². The average molecular weight is 427 g/mol. The Morgan fingerprint density at radius 3 is 1.07 bits per heavy atom. The lowest BCUT2D eigenvalue weighted by atomic mass is 10.1. The largest absolute Gasteiger partial charge is 0.286 e. The minimum absolute atomic E-state index is 0. The van der Waals surface area contributed by atoms with E-state index in [0.717, 1.165) is 0 Å². The van der Waals surface area contributed by atoms with Crippen molar-refractivity contribution in [3.8, 4) is 0 Å². The van der Waals surface area contributed by atoms with E-state index in [1.54, 1.807) is 0 Å². The van der Waals surface area contributed by atoms with Gasteiger partial charge in [0.25, 0.3) is 10.1 Å². The van der Waals surface area contributed by atoms with Crippen LogP contribution in [0.25, 0.3) is 10.8 Å². The monoisotopic (exact) mass is 426 g/mol. The third kappa shape index (κ3) is 28.9. The van der Waals surface area contributed by atoms with Crippen LogP contribution < -0.4 is 0 Å². The Balaban J connectivity index is -0.000000337. The second-order valence-corrected chi connectivity index (χ2v) is 8.37. The molecular weight excluding hydrogens is 380 g/mol. The predicted octanol–water partition coefficient (Wildman–Crippen LogP) is 8.54. The molecule has 0 aromatic heterocycles. The molecule has 0 bridgehead atoms. The van der Waals surface area contributed by atoms with Gasteiger partial charge in [-0.1, -0.05) is 141 Å². The summed E-state index contributed by atoms with van der Waals surface area (Å²) >= 11 is 0. The number of hydrogen-bond donors (Lipinski definition) is 1. The maximum absolute atomic E-state index is 9.19. The first-order chi connectivity index (χ1) is 13.3.